The quantitative estimate of drug-likeness (QED) is 0.652. The lowest BCUT2D eigenvalue weighted by Gasteiger charge is -2.12. The van der Waals surface area contributed by atoms with Crippen molar-refractivity contribution < 1.29 is 19.1 Å². The van der Waals surface area contributed by atoms with Crippen LogP contribution < -0.4 is 5.32 Å². The van der Waals surface area contributed by atoms with E-state index >= 15 is 0 Å². The minimum atomic E-state index is -0.817. The first-order valence-corrected chi connectivity index (χ1v) is 6.29. The van der Waals surface area contributed by atoms with Gasteiger partial charge >= 0.3 is 12.0 Å². The van der Waals surface area contributed by atoms with Crippen molar-refractivity contribution in [3.63, 3.8) is 0 Å². The third-order valence-electron chi connectivity index (χ3n) is 2.93. The van der Waals surface area contributed by atoms with Gasteiger partial charge in [-0.05, 0) is 24.6 Å². The molecule has 0 unspecified atom stereocenters. The van der Waals surface area contributed by atoms with Gasteiger partial charge in [-0.2, -0.15) is 5.26 Å². The Hall–Kier alpha value is -2.88. The molecule has 0 radical (unpaired) electrons. The molecule has 1 aromatic carbocycles. The zero-order valence-electron chi connectivity index (χ0n) is 11.3. The van der Waals surface area contributed by atoms with E-state index in [2.05, 4.69) is 5.32 Å². The Bertz CT molecular complexity index is 602. The molecule has 0 spiro atoms. The van der Waals surface area contributed by atoms with Gasteiger partial charge in [0.1, 0.15) is 6.07 Å². The number of nitriles is 1. The minimum absolute atomic E-state index is 0.00922. The molecule has 0 saturated carbocycles. The Kier molecular flexibility index (Phi) is 4.18. The molecule has 0 aliphatic carbocycles. The molecule has 0 aromatic heterocycles. The second kappa shape index (κ2) is 6.05. The summed E-state index contributed by atoms with van der Waals surface area (Å²) in [6.07, 6.45) is -0.817. The van der Waals surface area contributed by atoms with Crippen molar-refractivity contribution in [2.24, 2.45) is 0 Å². The van der Waals surface area contributed by atoms with Crippen LogP contribution in [0.25, 0.3) is 0 Å². The van der Waals surface area contributed by atoms with E-state index in [1.165, 1.54) is 19.1 Å². The predicted octanol–water partition coefficient (Wildman–Crippen LogP) is 0.807. The summed E-state index contributed by atoms with van der Waals surface area (Å²) in [5.41, 5.74) is 1.02. The molecule has 7 heteroatoms. The molecule has 1 aromatic rings. The van der Waals surface area contributed by atoms with Crippen LogP contribution >= 0.6 is 0 Å². The van der Waals surface area contributed by atoms with Gasteiger partial charge < -0.3 is 10.1 Å². The average Bonchev–Trinajstić information content (AvgIpc) is 2.79. The zero-order valence-corrected chi connectivity index (χ0v) is 11.3. The molecular formula is C14H13N3O4. The number of nitrogens with zero attached hydrogens (tertiary/aromatic N) is 2. The van der Waals surface area contributed by atoms with Gasteiger partial charge in [0.15, 0.2) is 6.10 Å². The Morgan fingerprint density at radius 3 is 2.62 bits per heavy atom. The van der Waals surface area contributed by atoms with Crippen molar-refractivity contribution in [1.29, 1.82) is 5.26 Å². The van der Waals surface area contributed by atoms with E-state index in [1.54, 1.807) is 18.2 Å². The molecule has 1 atom stereocenters. The summed E-state index contributed by atoms with van der Waals surface area (Å²) in [5.74, 6) is -0.878. The Balaban J connectivity index is 2.02. The van der Waals surface area contributed by atoms with E-state index in [0.717, 1.165) is 4.90 Å². The number of amides is 3. The number of rotatable bonds is 4. The van der Waals surface area contributed by atoms with Crippen molar-refractivity contribution in [2.45, 2.75) is 19.6 Å². The molecule has 2 rings (SSSR count). The minimum Gasteiger partial charge on any atom is -0.444 e. The third kappa shape index (κ3) is 3.36. The molecule has 0 bridgehead atoms. The first kappa shape index (κ1) is 14.5. The SMILES string of the molecule is C[C@@H](C#N)OC(=O)c1ccc(CN2C(=O)CNC2=O)cc1. The summed E-state index contributed by atoms with van der Waals surface area (Å²) in [4.78, 5) is 35.6. The predicted molar refractivity (Wildman–Crippen MR) is 70.9 cm³/mol. The molecule has 1 N–H and O–H groups in total. The van der Waals surface area contributed by atoms with Crippen LogP contribution in [0.3, 0.4) is 0 Å². The van der Waals surface area contributed by atoms with E-state index in [9.17, 15) is 14.4 Å². The number of urea groups is 1. The van der Waals surface area contributed by atoms with Gasteiger partial charge in [0.2, 0.25) is 5.91 Å². The lowest BCUT2D eigenvalue weighted by Crippen LogP contribution is -2.30. The highest BCUT2D eigenvalue weighted by Gasteiger charge is 2.28. The van der Waals surface area contributed by atoms with Crippen molar-refractivity contribution >= 4 is 17.9 Å². The largest absolute Gasteiger partial charge is 0.444 e. The molecule has 108 valence electrons. The van der Waals surface area contributed by atoms with Crippen molar-refractivity contribution in [3.05, 3.63) is 35.4 Å². The van der Waals surface area contributed by atoms with E-state index < -0.39 is 18.1 Å². The van der Waals surface area contributed by atoms with E-state index in [-0.39, 0.29) is 19.0 Å². The van der Waals surface area contributed by atoms with Crippen LogP contribution in [0, 0.1) is 11.3 Å². The Labute approximate surface area is 121 Å². The van der Waals surface area contributed by atoms with Crippen LogP contribution in [-0.4, -0.2) is 35.5 Å². The summed E-state index contributed by atoms with van der Waals surface area (Å²) in [6, 6.07) is 7.70. The summed E-state index contributed by atoms with van der Waals surface area (Å²) in [7, 11) is 0. The van der Waals surface area contributed by atoms with Crippen molar-refractivity contribution in [1.82, 2.24) is 10.2 Å². The number of benzene rings is 1. The second-order valence-corrected chi connectivity index (χ2v) is 4.51. The molecule has 7 nitrogen and oxygen atoms in total. The fourth-order valence-electron chi connectivity index (χ4n) is 1.80. The van der Waals surface area contributed by atoms with E-state index in [0.29, 0.717) is 11.1 Å². The van der Waals surface area contributed by atoms with Gasteiger partial charge in [0.25, 0.3) is 0 Å². The van der Waals surface area contributed by atoms with Crippen LogP contribution in [0.2, 0.25) is 0 Å². The van der Waals surface area contributed by atoms with Gasteiger partial charge in [0, 0.05) is 0 Å². The highest BCUT2D eigenvalue weighted by Crippen LogP contribution is 2.11. The lowest BCUT2D eigenvalue weighted by atomic mass is 10.1. The maximum Gasteiger partial charge on any atom is 0.339 e. The highest BCUT2D eigenvalue weighted by atomic mass is 16.5. The van der Waals surface area contributed by atoms with Gasteiger partial charge in [0.05, 0.1) is 18.7 Å². The topological polar surface area (TPSA) is 99.5 Å². The van der Waals surface area contributed by atoms with Gasteiger partial charge in [-0.25, -0.2) is 9.59 Å². The molecular weight excluding hydrogens is 274 g/mol. The molecule has 1 aliphatic heterocycles. The van der Waals surface area contributed by atoms with Gasteiger partial charge in [-0.1, -0.05) is 12.1 Å². The second-order valence-electron chi connectivity index (χ2n) is 4.51. The number of esters is 1. The number of nitrogens with one attached hydrogen (secondary N) is 1. The smallest absolute Gasteiger partial charge is 0.339 e. The summed E-state index contributed by atoms with van der Waals surface area (Å²) in [6.45, 7) is 1.63. The maximum absolute atomic E-state index is 11.7. The third-order valence-corrected chi connectivity index (χ3v) is 2.93. The van der Waals surface area contributed by atoms with Gasteiger partial charge in [-0.15, -0.1) is 0 Å². The first-order valence-electron chi connectivity index (χ1n) is 6.29. The van der Waals surface area contributed by atoms with E-state index in [4.69, 9.17) is 10.00 Å². The number of carbonyl (C=O) groups excluding carboxylic acids is 3. The van der Waals surface area contributed by atoms with Crippen LogP contribution in [0.5, 0.6) is 0 Å². The zero-order chi connectivity index (χ0) is 15.4. The Morgan fingerprint density at radius 1 is 1.43 bits per heavy atom. The molecule has 21 heavy (non-hydrogen) atoms. The van der Waals surface area contributed by atoms with Crippen LogP contribution in [0.15, 0.2) is 24.3 Å². The standard InChI is InChI=1S/C14H13N3O4/c1-9(6-15)21-13(19)11-4-2-10(3-5-11)8-17-12(18)7-16-14(17)20/h2-5,9H,7-8H2,1H3,(H,16,20)/t9-/m0/s1. The normalized spacial score (nSPS) is 15.3. The van der Waals surface area contributed by atoms with Crippen LogP contribution in [0.1, 0.15) is 22.8 Å². The molecule has 1 fully saturated rings. The van der Waals surface area contributed by atoms with Gasteiger partial charge in [-0.3, -0.25) is 9.69 Å². The molecule has 1 saturated heterocycles. The van der Waals surface area contributed by atoms with Crippen molar-refractivity contribution in [3.8, 4) is 6.07 Å². The maximum atomic E-state index is 11.7. The summed E-state index contributed by atoms with van der Waals surface area (Å²) < 4.78 is 4.86. The molecule has 1 heterocycles. The summed E-state index contributed by atoms with van der Waals surface area (Å²) in [5, 5.41) is 11.0. The lowest BCUT2D eigenvalue weighted by molar-refractivity contribution is -0.125. The fourth-order valence-corrected chi connectivity index (χ4v) is 1.80. The number of hydrogen-bond donors (Lipinski definition) is 1. The number of carbonyl (C=O) groups is 3. The highest BCUT2D eigenvalue weighted by molar-refractivity contribution is 6.01. The monoisotopic (exact) mass is 287 g/mol. The van der Waals surface area contributed by atoms with Crippen LogP contribution in [0.4, 0.5) is 4.79 Å². The molecule has 1 aliphatic rings. The molecule has 3 amide bonds. The fraction of sp³-hybridized carbons (Fsp3) is 0.286. The average molecular weight is 287 g/mol. The number of hydrogen-bond acceptors (Lipinski definition) is 5. The number of imide groups is 1. The number of ether oxygens (including phenoxy) is 1. The summed E-state index contributed by atoms with van der Waals surface area (Å²) >= 11 is 0. The Morgan fingerprint density at radius 2 is 2.10 bits per heavy atom. The van der Waals surface area contributed by atoms with Crippen LogP contribution in [-0.2, 0) is 16.1 Å². The van der Waals surface area contributed by atoms with E-state index in [1.807, 2.05) is 0 Å². The van der Waals surface area contributed by atoms with Crippen molar-refractivity contribution in [2.75, 3.05) is 6.54 Å². The first-order chi connectivity index (χ1) is 10.0.